The third kappa shape index (κ3) is 4.89. The molecule has 1 atom stereocenters. The van der Waals surface area contributed by atoms with E-state index in [4.69, 9.17) is 13.9 Å². The summed E-state index contributed by atoms with van der Waals surface area (Å²) in [6.07, 6.45) is 1.68. The van der Waals surface area contributed by atoms with Crippen LogP contribution in [0.4, 0.5) is 5.69 Å². The molecule has 7 nitrogen and oxygen atoms in total. The van der Waals surface area contributed by atoms with E-state index in [2.05, 4.69) is 39.4 Å². The molecule has 168 valence electrons. The number of furan rings is 1. The Hall–Kier alpha value is -3.45. The van der Waals surface area contributed by atoms with Crippen molar-refractivity contribution in [1.82, 2.24) is 10.2 Å². The summed E-state index contributed by atoms with van der Waals surface area (Å²) in [5, 5.41) is 3.07. The molecule has 1 aliphatic rings. The van der Waals surface area contributed by atoms with Gasteiger partial charge in [-0.3, -0.25) is 9.69 Å². The fourth-order valence-electron chi connectivity index (χ4n) is 4.09. The SMILES string of the molecule is COc1ccc(C(=O)NC[C@@H](c2ccco2)N2CCN(c3ccccc3)CC2)cc1OC. The smallest absolute Gasteiger partial charge is 0.251 e. The molecule has 1 fully saturated rings. The average Bonchev–Trinajstić information content (AvgIpc) is 3.39. The molecule has 7 heteroatoms. The maximum Gasteiger partial charge on any atom is 0.251 e. The number of anilines is 1. The lowest BCUT2D eigenvalue weighted by molar-refractivity contribution is 0.0922. The van der Waals surface area contributed by atoms with Gasteiger partial charge >= 0.3 is 0 Å². The van der Waals surface area contributed by atoms with Gasteiger partial charge < -0.3 is 24.1 Å². The van der Waals surface area contributed by atoms with Crippen LogP contribution in [0.2, 0.25) is 0 Å². The number of benzene rings is 2. The van der Waals surface area contributed by atoms with Crippen LogP contribution in [0.15, 0.2) is 71.3 Å². The van der Waals surface area contributed by atoms with Gasteiger partial charge in [-0.1, -0.05) is 18.2 Å². The maximum absolute atomic E-state index is 12.8. The Balaban J connectivity index is 1.42. The van der Waals surface area contributed by atoms with Gasteiger partial charge in [-0.15, -0.1) is 0 Å². The van der Waals surface area contributed by atoms with E-state index in [-0.39, 0.29) is 11.9 Å². The first-order chi connectivity index (χ1) is 15.7. The largest absolute Gasteiger partial charge is 0.493 e. The topological polar surface area (TPSA) is 67.2 Å². The first-order valence-electron chi connectivity index (χ1n) is 10.8. The summed E-state index contributed by atoms with van der Waals surface area (Å²) in [6, 6.07) is 19.4. The molecule has 1 amide bonds. The van der Waals surface area contributed by atoms with Crippen LogP contribution in [0.25, 0.3) is 0 Å². The number of ether oxygens (including phenoxy) is 2. The number of carbonyl (C=O) groups is 1. The average molecular weight is 436 g/mol. The number of rotatable bonds is 8. The molecule has 2 heterocycles. The third-order valence-electron chi connectivity index (χ3n) is 5.85. The molecular formula is C25H29N3O4. The third-order valence-corrected chi connectivity index (χ3v) is 5.85. The summed E-state index contributed by atoms with van der Waals surface area (Å²) >= 11 is 0. The molecule has 1 aromatic heterocycles. The minimum absolute atomic E-state index is 0.0352. The Kier molecular flexibility index (Phi) is 6.97. The van der Waals surface area contributed by atoms with Crippen molar-refractivity contribution in [2.24, 2.45) is 0 Å². The number of hydrogen-bond acceptors (Lipinski definition) is 6. The van der Waals surface area contributed by atoms with Crippen LogP contribution in [0.5, 0.6) is 11.5 Å². The predicted molar refractivity (Wildman–Crippen MR) is 124 cm³/mol. The van der Waals surface area contributed by atoms with E-state index in [1.54, 1.807) is 38.7 Å². The Bertz CT molecular complexity index is 999. The number of methoxy groups -OCH3 is 2. The van der Waals surface area contributed by atoms with E-state index >= 15 is 0 Å². The van der Waals surface area contributed by atoms with Gasteiger partial charge in [0.15, 0.2) is 11.5 Å². The summed E-state index contributed by atoms with van der Waals surface area (Å²) in [5.41, 5.74) is 1.76. The van der Waals surface area contributed by atoms with E-state index in [9.17, 15) is 4.79 Å². The molecule has 4 rings (SSSR count). The molecule has 0 unspecified atom stereocenters. The van der Waals surface area contributed by atoms with Gasteiger partial charge in [0, 0.05) is 44.0 Å². The van der Waals surface area contributed by atoms with Crippen molar-refractivity contribution in [3.05, 3.63) is 78.3 Å². The van der Waals surface area contributed by atoms with Crippen LogP contribution in [0, 0.1) is 0 Å². The zero-order valence-electron chi connectivity index (χ0n) is 18.5. The minimum atomic E-state index is -0.162. The van der Waals surface area contributed by atoms with Gasteiger partial charge in [-0.2, -0.15) is 0 Å². The Morgan fingerprint density at radius 2 is 1.72 bits per heavy atom. The Labute approximate surface area is 188 Å². The first kappa shape index (κ1) is 21.8. The normalized spacial score (nSPS) is 15.2. The van der Waals surface area contributed by atoms with Gasteiger partial charge in [0.1, 0.15) is 5.76 Å². The van der Waals surface area contributed by atoms with Gasteiger partial charge in [0.25, 0.3) is 5.91 Å². The molecule has 1 aliphatic heterocycles. The van der Waals surface area contributed by atoms with E-state index in [0.717, 1.165) is 31.9 Å². The van der Waals surface area contributed by atoms with Crippen LogP contribution in [-0.4, -0.2) is 57.8 Å². The molecule has 3 aromatic rings. The number of para-hydroxylation sites is 1. The summed E-state index contributed by atoms with van der Waals surface area (Å²) in [4.78, 5) is 17.6. The summed E-state index contributed by atoms with van der Waals surface area (Å²) < 4.78 is 16.3. The lowest BCUT2D eigenvalue weighted by atomic mass is 10.1. The molecule has 0 spiro atoms. The number of carbonyl (C=O) groups excluding carboxylic acids is 1. The van der Waals surface area contributed by atoms with E-state index in [1.807, 2.05) is 18.2 Å². The van der Waals surface area contributed by atoms with E-state index in [0.29, 0.717) is 23.6 Å². The van der Waals surface area contributed by atoms with Crippen molar-refractivity contribution in [2.45, 2.75) is 6.04 Å². The number of nitrogens with zero attached hydrogens (tertiary/aromatic N) is 2. The Morgan fingerprint density at radius 3 is 2.38 bits per heavy atom. The summed E-state index contributed by atoms with van der Waals surface area (Å²) in [5.74, 6) is 1.81. The standard InChI is InChI=1S/C25H29N3O4/c1-30-23-11-10-19(17-24(23)31-2)25(29)26-18-21(22-9-6-16-32-22)28-14-12-27(13-15-28)20-7-4-3-5-8-20/h3-11,16-17,21H,12-15,18H2,1-2H3,(H,26,29)/t21-/m0/s1. The van der Waals surface area contributed by atoms with Crippen molar-refractivity contribution in [3.63, 3.8) is 0 Å². The fourth-order valence-corrected chi connectivity index (χ4v) is 4.09. The van der Waals surface area contributed by atoms with Crippen LogP contribution >= 0.6 is 0 Å². The van der Waals surface area contributed by atoms with Crippen molar-refractivity contribution < 1.29 is 18.7 Å². The molecule has 0 saturated carbocycles. The quantitative estimate of drug-likeness (QED) is 0.583. The van der Waals surface area contributed by atoms with Crippen LogP contribution < -0.4 is 19.7 Å². The highest BCUT2D eigenvalue weighted by molar-refractivity contribution is 5.94. The second kappa shape index (κ2) is 10.2. The number of hydrogen-bond donors (Lipinski definition) is 1. The maximum atomic E-state index is 12.8. The zero-order valence-corrected chi connectivity index (χ0v) is 18.5. The van der Waals surface area contributed by atoms with Crippen LogP contribution in [0.3, 0.4) is 0 Å². The highest BCUT2D eigenvalue weighted by atomic mass is 16.5. The summed E-state index contributed by atoms with van der Waals surface area (Å²) in [6.45, 7) is 4.06. The zero-order chi connectivity index (χ0) is 22.3. The van der Waals surface area contributed by atoms with Crippen LogP contribution in [0.1, 0.15) is 22.2 Å². The number of amides is 1. The van der Waals surface area contributed by atoms with E-state index in [1.165, 1.54) is 5.69 Å². The summed E-state index contributed by atoms with van der Waals surface area (Å²) in [7, 11) is 3.13. The lowest BCUT2D eigenvalue weighted by Crippen LogP contribution is -2.49. The lowest BCUT2D eigenvalue weighted by Gasteiger charge is -2.39. The van der Waals surface area contributed by atoms with Gasteiger partial charge in [0.05, 0.1) is 26.5 Å². The fraction of sp³-hybridized carbons (Fsp3) is 0.320. The van der Waals surface area contributed by atoms with Crippen molar-refractivity contribution in [3.8, 4) is 11.5 Å². The second-order valence-electron chi connectivity index (χ2n) is 7.67. The highest BCUT2D eigenvalue weighted by Crippen LogP contribution is 2.28. The molecule has 32 heavy (non-hydrogen) atoms. The van der Waals surface area contributed by atoms with Crippen molar-refractivity contribution in [1.29, 1.82) is 0 Å². The van der Waals surface area contributed by atoms with Gasteiger partial charge in [-0.25, -0.2) is 0 Å². The van der Waals surface area contributed by atoms with Gasteiger partial charge in [0.2, 0.25) is 0 Å². The molecule has 0 bridgehead atoms. The molecule has 1 N–H and O–H groups in total. The van der Waals surface area contributed by atoms with Crippen molar-refractivity contribution >= 4 is 11.6 Å². The minimum Gasteiger partial charge on any atom is -0.493 e. The monoisotopic (exact) mass is 435 g/mol. The predicted octanol–water partition coefficient (Wildman–Crippen LogP) is 3.59. The number of piperazine rings is 1. The number of nitrogens with one attached hydrogen (secondary N) is 1. The van der Waals surface area contributed by atoms with Crippen molar-refractivity contribution in [2.75, 3.05) is 51.8 Å². The first-order valence-corrected chi connectivity index (χ1v) is 10.8. The Morgan fingerprint density at radius 1 is 0.969 bits per heavy atom. The molecule has 2 aromatic carbocycles. The molecule has 0 radical (unpaired) electrons. The van der Waals surface area contributed by atoms with E-state index < -0.39 is 0 Å². The van der Waals surface area contributed by atoms with Crippen LogP contribution in [-0.2, 0) is 0 Å². The second-order valence-corrected chi connectivity index (χ2v) is 7.67. The molecule has 1 saturated heterocycles. The highest BCUT2D eigenvalue weighted by Gasteiger charge is 2.27. The molecular weight excluding hydrogens is 406 g/mol. The molecule has 0 aliphatic carbocycles. The van der Waals surface area contributed by atoms with Gasteiger partial charge in [-0.05, 0) is 42.5 Å².